The van der Waals surface area contributed by atoms with E-state index in [9.17, 15) is 0 Å². The SMILES string of the molecule is N#CCc1c(-c2ccc3c(c2)OCCO3)nc2ccc(N)cn12. The molecule has 0 radical (unpaired) electrons. The molecule has 4 rings (SSSR count). The molecule has 0 unspecified atom stereocenters. The third-order valence-corrected chi connectivity index (χ3v) is 3.80. The van der Waals surface area contributed by atoms with Crippen molar-refractivity contribution in [3.63, 3.8) is 0 Å². The average molecular weight is 306 g/mol. The summed E-state index contributed by atoms with van der Waals surface area (Å²) in [6.45, 7) is 1.09. The zero-order valence-corrected chi connectivity index (χ0v) is 12.3. The van der Waals surface area contributed by atoms with Crippen LogP contribution in [0.3, 0.4) is 0 Å². The first-order chi connectivity index (χ1) is 11.3. The number of nitrogens with zero attached hydrogens (tertiary/aromatic N) is 3. The van der Waals surface area contributed by atoms with Crippen molar-refractivity contribution in [3.05, 3.63) is 42.2 Å². The number of nitrogen functional groups attached to an aromatic ring is 1. The van der Waals surface area contributed by atoms with Gasteiger partial charge in [-0.1, -0.05) is 0 Å². The fourth-order valence-electron chi connectivity index (χ4n) is 2.78. The first-order valence-corrected chi connectivity index (χ1v) is 7.30. The van der Waals surface area contributed by atoms with Gasteiger partial charge in [0.25, 0.3) is 0 Å². The standard InChI is InChI=1S/C17H14N4O2/c18-6-5-13-17(20-16-4-2-12(19)10-21(13)16)11-1-3-14-15(9-11)23-8-7-22-14/h1-4,9-10H,5,7-8,19H2. The van der Waals surface area contributed by atoms with Crippen LogP contribution in [0.15, 0.2) is 36.5 Å². The van der Waals surface area contributed by atoms with Gasteiger partial charge in [0.1, 0.15) is 18.9 Å². The van der Waals surface area contributed by atoms with Crippen LogP contribution in [0.25, 0.3) is 16.9 Å². The summed E-state index contributed by atoms with van der Waals surface area (Å²) in [5.74, 6) is 1.43. The van der Waals surface area contributed by atoms with Gasteiger partial charge in [0.2, 0.25) is 0 Å². The molecule has 23 heavy (non-hydrogen) atoms. The van der Waals surface area contributed by atoms with Crippen molar-refractivity contribution in [2.75, 3.05) is 18.9 Å². The molecule has 0 saturated heterocycles. The second-order valence-corrected chi connectivity index (χ2v) is 5.29. The quantitative estimate of drug-likeness (QED) is 0.786. The largest absolute Gasteiger partial charge is 0.486 e. The molecule has 0 bridgehead atoms. The number of imidazole rings is 1. The number of hydrogen-bond donors (Lipinski definition) is 1. The second-order valence-electron chi connectivity index (χ2n) is 5.29. The van der Waals surface area contributed by atoms with E-state index >= 15 is 0 Å². The van der Waals surface area contributed by atoms with Crippen molar-refractivity contribution in [2.24, 2.45) is 0 Å². The average Bonchev–Trinajstić information content (AvgIpc) is 2.93. The van der Waals surface area contributed by atoms with Crippen molar-refractivity contribution >= 4 is 11.3 Å². The summed E-state index contributed by atoms with van der Waals surface area (Å²) in [4.78, 5) is 4.65. The Morgan fingerprint density at radius 3 is 2.83 bits per heavy atom. The lowest BCUT2D eigenvalue weighted by Gasteiger charge is -2.18. The number of hydrogen-bond acceptors (Lipinski definition) is 5. The molecule has 0 fully saturated rings. The number of aromatic nitrogens is 2. The molecule has 1 aliphatic heterocycles. The number of anilines is 1. The van der Waals surface area contributed by atoms with Crippen molar-refractivity contribution in [3.8, 4) is 28.8 Å². The van der Waals surface area contributed by atoms with Crippen LogP contribution in [0, 0.1) is 11.3 Å². The smallest absolute Gasteiger partial charge is 0.162 e. The van der Waals surface area contributed by atoms with E-state index in [1.807, 2.05) is 28.7 Å². The number of nitrogens with two attached hydrogens (primary N) is 1. The van der Waals surface area contributed by atoms with E-state index in [1.54, 1.807) is 12.3 Å². The molecule has 2 N–H and O–H groups in total. The maximum absolute atomic E-state index is 9.16. The molecule has 0 amide bonds. The summed E-state index contributed by atoms with van der Waals surface area (Å²) in [5.41, 5.74) is 9.71. The number of pyridine rings is 1. The summed E-state index contributed by atoms with van der Waals surface area (Å²) < 4.78 is 13.0. The van der Waals surface area contributed by atoms with Crippen LogP contribution in [0.4, 0.5) is 5.69 Å². The van der Waals surface area contributed by atoms with Crippen LogP contribution in [0.2, 0.25) is 0 Å². The van der Waals surface area contributed by atoms with E-state index in [-0.39, 0.29) is 6.42 Å². The molecule has 0 aliphatic carbocycles. The fraction of sp³-hybridized carbons (Fsp3) is 0.176. The normalized spacial score (nSPS) is 13.0. The molecule has 6 nitrogen and oxygen atoms in total. The zero-order valence-electron chi connectivity index (χ0n) is 12.3. The first kappa shape index (κ1) is 13.5. The van der Waals surface area contributed by atoms with Gasteiger partial charge < -0.3 is 19.6 Å². The predicted molar refractivity (Wildman–Crippen MR) is 85.3 cm³/mol. The third-order valence-electron chi connectivity index (χ3n) is 3.80. The number of nitriles is 1. The Morgan fingerprint density at radius 2 is 2.00 bits per heavy atom. The molecular weight excluding hydrogens is 292 g/mol. The van der Waals surface area contributed by atoms with Gasteiger partial charge in [-0.2, -0.15) is 5.26 Å². The number of rotatable bonds is 2. The Labute approximate surface area is 132 Å². The Balaban J connectivity index is 1.91. The minimum absolute atomic E-state index is 0.244. The van der Waals surface area contributed by atoms with Crippen LogP contribution in [-0.4, -0.2) is 22.6 Å². The fourth-order valence-corrected chi connectivity index (χ4v) is 2.78. The maximum atomic E-state index is 9.16. The highest BCUT2D eigenvalue weighted by atomic mass is 16.6. The van der Waals surface area contributed by atoms with Crippen molar-refractivity contribution in [1.82, 2.24) is 9.38 Å². The first-order valence-electron chi connectivity index (χ1n) is 7.30. The van der Waals surface area contributed by atoms with Gasteiger partial charge >= 0.3 is 0 Å². The molecule has 2 aromatic heterocycles. The minimum atomic E-state index is 0.244. The van der Waals surface area contributed by atoms with Gasteiger partial charge in [-0.15, -0.1) is 0 Å². The van der Waals surface area contributed by atoms with Crippen LogP contribution in [-0.2, 0) is 6.42 Å². The molecule has 6 heteroatoms. The van der Waals surface area contributed by atoms with Crippen LogP contribution in [0.5, 0.6) is 11.5 Å². The highest BCUT2D eigenvalue weighted by Crippen LogP contribution is 2.35. The summed E-state index contributed by atoms with van der Waals surface area (Å²) in [6.07, 6.45) is 2.03. The van der Waals surface area contributed by atoms with E-state index in [2.05, 4.69) is 11.1 Å². The molecular formula is C17H14N4O2. The molecule has 0 saturated carbocycles. The lowest BCUT2D eigenvalue weighted by atomic mass is 10.1. The van der Waals surface area contributed by atoms with E-state index < -0.39 is 0 Å². The Kier molecular flexibility index (Phi) is 3.05. The van der Waals surface area contributed by atoms with Crippen molar-refractivity contribution < 1.29 is 9.47 Å². The number of benzene rings is 1. The Bertz CT molecular complexity index is 940. The van der Waals surface area contributed by atoms with Gasteiger partial charge in [0.15, 0.2) is 11.5 Å². The molecule has 1 aliphatic rings. The van der Waals surface area contributed by atoms with Gasteiger partial charge in [0, 0.05) is 17.4 Å². The van der Waals surface area contributed by atoms with Gasteiger partial charge in [-0.3, -0.25) is 0 Å². The topological polar surface area (TPSA) is 85.6 Å². The van der Waals surface area contributed by atoms with Crippen molar-refractivity contribution in [1.29, 1.82) is 5.26 Å². The minimum Gasteiger partial charge on any atom is -0.486 e. The molecule has 0 atom stereocenters. The third kappa shape index (κ3) is 2.23. The van der Waals surface area contributed by atoms with Gasteiger partial charge in [-0.05, 0) is 30.3 Å². The molecule has 1 aromatic carbocycles. The highest BCUT2D eigenvalue weighted by Gasteiger charge is 2.18. The monoisotopic (exact) mass is 306 g/mol. The van der Waals surface area contributed by atoms with Crippen LogP contribution in [0.1, 0.15) is 5.69 Å². The van der Waals surface area contributed by atoms with E-state index in [0.717, 1.165) is 28.3 Å². The highest BCUT2D eigenvalue weighted by molar-refractivity contribution is 5.70. The number of fused-ring (bicyclic) bond motifs is 2. The Morgan fingerprint density at radius 1 is 1.17 bits per heavy atom. The van der Waals surface area contributed by atoms with E-state index in [0.29, 0.717) is 24.7 Å². The molecule has 3 aromatic rings. The van der Waals surface area contributed by atoms with Crippen LogP contribution < -0.4 is 15.2 Å². The lowest BCUT2D eigenvalue weighted by molar-refractivity contribution is 0.171. The van der Waals surface area contributed by atoms with E-state index in [1.165, 1.54) is 0 Å². The molecule has 0 spiro atoms. The molecule has 3 heterocycles. The lowest BCUT2D eigenvalue weighted by Crippen LogP contribution is -2.15. The summed E-state index contributed by atoms with van der Waals surface area (Å²) in [6, 6.07) is 11.5. The van der Waals surface area contributed by atoms with Crippen LogP contribution >= 0.6 is 0 Å². The predicted octanol–water partition coefficient (Wildman–Crippen LogP) is 2.42. The molecule has 114 valence electrons. The van der Waals surface area contributed by atoms with Crippen molar-refractivity contribution in [2.45, 2.75) is 6.42 Å². The summed E-state index contributed by atoms with van der Waals surface area (Å²) in [7, 11) is 0. The summed E-state index contributed by atoms with van der Waals surface area (Å²) >= 11 is 0. The Hall–Kier alpha value is -3.20. The van der Waals surface area contributed by atoms with E-state index in [4.69, 9.17) is 20.5 Å². The zero-order chi connectivity index (χ0) is 15.8. The van der Waals surface area contributed by atoms with Gasteiger partial charge in [-0.25, -0.2) is 4.98 Å². The van der Waals surface area contributed by atoms with Gasteiger partial charge in [0.05, 0.1) is 23.9 Å². The second kappa shape index (κ2) is 5.21. The summed E-state index contributed by atoms with van der Waals surface area (Å²) in [5, 5.41) is 9.16. The maximum Gasteiger partial charge on any atom is 0.162 e. The number of ether oxygens (including phenoxy) is 2.